The monoisotopic (exact) mass is 751 g/mol. The number of hydrogen-bond donors (Lipinski definition) is 2. The lowest BCUT2D eigenvalue weighted by Gasteiger charge is -2.18. The zero-order valence-corrected chi connectivity index (χ0v) is 33.8. The first kappa shape index (κ1) is 49.8. The molecule has 0 saturated carbocycles. The summed E-state index contributed by atoms with van der Waals surface area (Å²) in [4.78, 5) is 42.8. The van der Waals surface area contributed by atoms with Crippen LogP contribution in [0.1, 0.15) is 181 Å². The van der Waals surface area contributed by atoms with Gasteiger partial charge in [0.2, 0.25) is 0 Å². The number of rotatable bonds is 37. The highest BCUT2D eigenvalue weighted by Crippen LogP contribution is 2.36. The van der Waals surface area contributed by atoms with Crippen LogP contribution in [0, 0.1) is 0 Å². The van der Waals surface area contributed by atoms with E-state index >= 15 is 0 Å². The van der Waals surface area contributed by atoms with Crippen molar-refractivity contribution >= 4 is 19.8 Å². The largest absolute Gasteiger partial charge is 0.469 e. The molecule has 0 aromatic rings. The predicted octanol–water partition coefficient (Wildman–Crippen LogP) is 12.5. The normalized spacial score (nSPS) is 13.1. The SMILES string of the molecule is CCCCC/C=C/C/C=C/C/C=C/CCCCCCC(=O)O[C@H](COC(=O)CCCCCCCCC/C=C/C/C=C/CCCCC)COP(=O)(O)O. The number of esters is 2. The van der Waals surface area contributed by atoms with Gasteiger partial charge in [0.1, 0.15) is 6.61 Å². The summed E-state index contributed by atoms with van der Waals surface area (Å²) in [5, 5.41) is 0. The average molecular weight is 751 g/mol. The second-order valence-corrected chi connectivity index (χ2v) is 14.8. The van der Waals surface area contributed by atoms with Crippen molar-refractivity contribution in [2.45, 2.75) is 187 Å². The van der Waals surface area contributed by atoms with E-state index in [1.54, 1.807) is 0 Å². The third-order valence-corrected chi connectivity index (χ3v) is 8.99. The van der Waals surface area contributed by atoms with E-state index in [1.807, 2.05) is 0 Å². The van der Waals surface area contributed by atoms with E-state index in [-0.39, 0.29) is 19.4 Å². The van der Waals surface area contributed by atoms with Gasteiger partial charge in [0.15, 0.2) is 6.10 Å². The van der Waals surface area contributed by atoms with Crippen molar-refractivity contribution in [1.82, 2.24) is 0 Å². The Bertz CT molecular complexity index is 1030. The lowest BCUT2D eigenvalue weighted by Crippen LogP contribution is -2.29. The second-order valence-electron chi connectivity index (χ2n) is 13.6. The van der Waals surface area contributed by atoms with Crippen molar-refractivity contribution in [2.75, 3.05) is 13.2 Å². The minimum atomic E-state index is -4.76. The summed E-state index contributed by atoms with van der Waals surface area (Å²) in [5.74, 6) is -0.922. The Labute approximate surface area is 317 Å². The fourth-order valence-corrected chi connectivity index (χ4v) is 5.77. The van der Waals surface area contributed by atoms with Gasteiger partial charge in [0, 0.05) is 12.8 Å². The Balaban J connectivity index is 4.00. The molecule has 0 aliphatic carbocycles. The van der Waals surface area contributed by atoms with Crippen molar-refractivity contribution in [2.24, 2.45) is 0 Å². The summed E-state index contributed by atoms with van der Waals surface area (Å²) in [7, 11) is -4.76. The van der Waals surface area contributed by atoms with Gasteiger partial charge in [-0.05, 0) is 83.5 Å². The van der Waals surface area contributed by atoms with Crippen LogP contribution in [0.4, 0.5) is 0 Å². The highest BCUT2D eigenvalue weighted by molar-refractivity contribution is 7.46. The van der Waals surface area contributed by atoms with E-state index in [0.717, 1.165) is 70.6 Å². The first-order valence-electron chi connectivity index (χ1n) is 20.6. The molecule has 0 rings (SSSR count). The highest BCUT2D eigenvalue weighted by Gasteiger charge is 2.22. The molecule has 0 fully saturated rings. The zero-order valence-electron chi connectivity index (χ0n) is 32.9. The topological polar surface area (TPSA) is 119 Å². The van der Waals surface area contributed by atoms with Gasteiger partial charge in [0.25, 0.3) is 0 Å². The van der Waals surface area contributed by atoms with Crippen LogP contribution in [0.15, 0.2) is 60.8 Å². The number of unbranched alkanes of at least 4 members (excludes halogenated alkanes) is 17. The molecule has 0 aliphatic heterocycles. The molecule has 0 aliphatic rings. The van der Waals surface area contributed by atoms with Gasteiger partial charge in [-0.2, -0.15) is 0 Å². The van der Waals surface area contributed by atoms with Gasteiger partial charge < -0.3 is 19.3 Å². The fourth-order valence-electron chi connectivity index (χ4n) is 5.41. The lowest BCUT2D eigenvalue weighted by molar-refractivity contribution is -0.161. The molecule has 2 N–H and O–H groups in total. The predicted molar refractivity (Wildman–Crippen MR) is 216 cm³/mol. The molecule has 0 unspecified atom stereocenters. The van der Waals surface area contributed by atoms with E-state index < -0.39 is 32.5 Å². The summed E-state index contributed by atoms with van der Waals surface area (Å²) in [6.45, 7) is 3.60. The summed E-state index contributed by atoms with van der Waals surface area (Å²) < 4.78 is 26.4. The van der Waals surface area contributed by atoms with Crippen molar-refractivity contribution < 1.29 is 37.9 Å². The number of phosphoric acid groups is 1. The van der Waals surface area contributed by atoms with Crippen LogP contribution in [0.2, 0.25) is 0 Å². The van der Waals surface area contributed by atoms with Crippen LogP contribution >= 0.6 is 7.82 Å². The molecule has 0 radical (unpaired) electrons. The Morgan fingerprint density at radius 3 is 1.29 bits per heavy atom. The van der Waals surface area contributed by atoms with Crippen molar-refractivity contribution in [3.63, 3.8) is 0 Å². The molecule has 0 heterocycles. The van der Waals surface area contributed by atoms with Gasteiger partial charge >= 0.3 is 19.8 Å². The molecule has 300 valence electrons. The minimum Gasteiger partial charge on any atom is -0.462 e. The maximum Gasteiger partial charge on any atom is 0.469 e. The molecule has 0 aromatic carbocycles. The third-order valence-electron chi connectivity index (χ3n) is 8.51. The summed E-state index contributed by atoms with van der Waals surface area (Å²) in [5.41, 5.74) is 0. The van der Waals surface area contributed by atoms with E-state index in [4.69, 9.17) is 19.3 Å². The Morgan fingerprint density at radius 1 is 0.500 bits per heavy atom. The second kappa shape index (κ2) is 38.5. The maximum absolute atomic E-state index is 12.4. The van der Waals surface area contributed by atoms with Crippen LogP contribution in [-0.2, 0) is 28.2 Å². The highest BCUT2D eigenvalue weighted by atomic mass is 31.2. The molecule has 0 aromatic heterocycles. The van der Waals surface area contributed by atoms with E-state index in [1.165, 1.54) is 70.6 Å². The van der Waals surface area contributed by atoms with Gasteiger partial charge in [-0.25, -0.2) is 4.57 Å². The summed E-state index contributed by atoms with van der Waals surface area (Å²) in [6.07, 6.45) is 47.9. The zero-order chi connectivity index (χ0) is 38.2. The van der Waals surface area contributed by atoms with Crippen molar-refractivity contribution in [3.05, 3.63) is 60.8 Å². The number of carbonyl (C=O) groups excluding carboxylic acids is 2. The van der Waals surface area contributed by atoms with E-state index in [2.05, 4.69) is 79.1 Å². The smallest absolute Gasteiger partial charge is 0.462 e. The molecule has 8 nitrogen and oxygen atoms in total. The number of phosphoric ester groups is 1. The standard InChI is InChI=1S/C43H75O8P/c1-3-5-7-9-11-13-15-17-19-21-23-25-27-29-31-33-35-37-42(44)49-39-41(40-50-52(46,47)48)51-43(45)38-36-34-32-30-28-26-24-22-20-18-16-14-12-10-8-6-4-2/h11-14,17-20,24,26,41H,3-10,15-16,21-23,25,27-40H2,1-2H3,(H2,46,47,48)/b13-11+,14-12+,19-17+,20-18+,26-24+/t41-/m1/s1. The number of allylic oxidation sites excluding steroid dienone is 10. The summed E-state index contributed by atoms with van der Waals surface area (Å²) in [6, 6.07) is 0. The Kier molecular flexibility index (Phi) is 36.8. The van der Waals surface area contributed by atoms with Crippen molar-refractivity contribution in [1.29, 1.82) is 0 Å². The third kappa shape index (κ3) is 40.5. The molecule has 52 heavy (non-hydrogen) atoms. The Hall–Kier alpha value is -2.25. The first-order valence-corrected chi connectivity index (χ1v) is 22.1. The number of hydrogen-bond acceptors (Lipinski definition) is 6. The van der Waals surface area contributed by atoms with E-state index in [9.17, 15) is 14.2 Å². The molecule has 0 saturated heterocycles. The molecular formula is C43H75O8P. The molecule has 0 amide bonds. The van der Waals surface area contributed by atoms with Gasteiger partial charge in [-0.15, -0.1) is 0 Å². The summed E-state index contributed by atoms with van der Waals surface area (Å²) >= 11 is 0. The molecule has 9 heteroatoms. The first-order chi connectivity index (χ1) is 25.3. The van der Waals surface area contributed by atoms with Gasteiger partial charge in [-0.3, -0.25) is 14.1 Å². The maximum atomic E-state index is 12.4. The van der Waals surface area contributed by atoms with Crippen LogP contribution in [-0.4, -0.2) is 41.0 Å². The number of ether oxygens (including phenoxy) is 2. The van der Waals surface area contributed by atoms with Gasteiger partial charge in [-0.1, -0.05) is 145 Å². The fraction of sp³-hybridized carbons (Fsp3) is 0.721. The average Bonchev–Trinajstić information content (AvgIpc) is 3.11. The van der Waals surface area contributed by atoms with E-state index in [0.29, 0.717) is 12.8 Å². The van der Waals surface area contributed by atoms with Crippen LogP contribution in [0.25, 0.3) is 0 Å². The molecule has 0 bridgehead atoms. The molecule has 0 spiro atoms. The quantitative estimate of drug-likeness (QED) is 0.0279. The van der Waals surface area contributed by atoms with Crippen LogP contribution < -0.4 is 0 Å². The number of carbonyl (C=O) groups is 2. The molecular weight excluding hydrogens is 675 g/mol. The molecule has 1 atom stereocenters. The van der Waals surface area contributed by atoms with Crippen LogP contribution in [0.5, 0.6) is 0 Å². The van der Waals surface area contributed by atoms with Crippen LogP contribution in [0.3, 0.4) is 0 Å². The van der Waals surface area contributed by atoms with Crippen molar-refractivity contribution in [3.8, 4) is 0 Å². The van der Waals surface area contributed by atoms with Gasteiger partial charge in [0.05, 0.1) is 6.61 Å². The lowest BCUT2D eigenvalue weighted by atomic mass is 10.1. The minimum absolute atomic E-state index is 0.182. The Morgan fingerprint density at radius 2 is 0.865 bits per heavy atom.